The molecule has 150 valence electrons. The smallest absolute Gasteiger partial charge is 0.261 e. The van der Waals surface area contributed by atoms with Crippen LogP contribution in [0.2, 0.25) is 0 Å². The van der Waals surface area contributed by atoms with Gasteiger partial charge in [-0.2, -0.15) is 0 Å². The van der Waals surface area contributed by atoms with Gasteiger partial charge in [-0.3, -0.25) is 10.1 Å². The second-order valence-electron chi connectivity index (χ2n) is 6.54. The van der Waals surface area contributed by atoms with Crippen LogP contribution in [-0.2, 0) is 0 Å². The molecule has 0 aliphatic carbocycles. The number of carbonyl (C=O) groups excluding carboxylic acids is 1. The van der Waals surface area contributed by atoms with Crippen LogP contribution >= 0.6 is 28.1 Å². The number of carbonyl (C=O) groups is 1. The van der Waals surface area contributed by atoms with Gasteiger partial charge in [-0.05, 0) is 73.9 Å². The Hall–Kier alpha value is -2.12. The van der Waals surface area contributed by atoms with Crippen LogP contribution in [0.1, 0.15) is 37.6 Å². The summed E-state index contributed by atoms with van der Waals surface area (Å²) in [5.41, 5.74) is 1.19. The van der Waals surface area contributed by atoms with Crippen molar-refractivity contribution in [2.75, 3.05) is 18.5 Å². The lowest BCUT2D eigenvalue weighted by Crippen LogP contribution is -2.34. The third kappa shape index (κ3) is 7.13. The minimum absolute atomic E-state index is 0.210. The van der Waals surface area contributed by atoms with E-state index in [9.17, 15) is 4.79 Å². The Morgan fingerprint density at radius 2 is 1.86 bits per heavy atom. The first-order chi connectivity index (χ1) is 13.4. The molecule has 5 nitrogen and oxygen atoms in total. The van der Waals surface area contributed by atoms with Crippen LogP contribution in [0.15, 0.2) is 46.9 Å². The number of rotatable bonds is 8. The minimum atomic E-state index is -0.329. The van der Waals surface area contributed by atoms with Crippen molar-refractivity contribution in [3.05, 3.63) is 52.5 Å². The number of hydrogen-bond donors (Lipinski definition) is 2. The van der Waals surface area contributed by atoms with Gasteiger partial charge in [-0.1, -0.05) is 29.8 Å². The average Bonchev–Trinajstić information content (AvgIpc) is 2.64. The van der Waals surface area contributed by atoms with E-state index in [0.717, 1.165) is 22.3 Å². The third-order valence-electron chi connectivity index (χ3n) is 3.79. The first kappa shape index (κ1) is 22.2. The number of thiocarbonyl (C=S) groups is 1. The van der Waals surface area contributed by atoms with Crippen molar-refractivity contribution in [1.82, 2.24) is 5.32 Å². The third-order valence-corrected chi connectivity index (χ3v) is 4.49. The molecule has 2 aromatic carbocycles. The predicted molar refractivity (Wildman–Crippen MR) is 120 cm³/mol. The van der Waals surface area contributed by atoms with Crippen molar-refractivity contribution in [2.24, 2.45) is 5.92 Å². The zero-order valence-electron chi connectivity index (χ0n) is 16.3. The Bertz CT molecular complexity index is 810. The lowest BCUT2D eigenvalue weighted by atomic mass is 10.1. The normalized spacial score (nSPS) is 10.5. The fourth-order valence-corrected chi connectivity index (χ4v) is 2.92. The van der Waals surface area contributed by atoms with Crippen molar-refractivity contribution in [2.45, 2.75) is 27.2 Å². The second-order valence-corrected chi connectivity index (χ2v) is 7.86. The molecule has 0 saturated carbocycles. The van der Waals surface area contributed by atoms with Crippen LogP contribution in [0, 0.1) is 5.92 Å². The number of anilines is 1. The van der Waals surface area contributed by atoms with Gasteiger partial charge in [0.05, 0.1) is 18.8 Å². The molecule has 0 spiro atoms. The zero-order chi connectivity index (χ0) is 20.5. The molecule has 28 heavy (non-hydrogen) atoms. The molecule has 0 aliphatic rings. The maximum atomic E-state index is 12.7. The average molecular weight is 465 g/mol. The number of amides is 1. The molecule has 0 radical (unpaired) electrons. The van der Waals surface area contributed by atoms with E-state index in [1.54, 1.807) is 12.1 Å². The second kappa shape index (κ2) is 11.0. The van der Waals surface area contributed by atoms with E-state index >= 15 is 0 Å². The lowest BCUT2D eigenvalue weighted by Gasteiger charge is -2.14. The molecule has 0 bridgehead atoms. The highest BCUT2D eigenvalue weighted by Gasteiger charge is 2.15. The number of ether oxygens (including phenoxy) is 2. The van der Waals surface area contributed by atoms with Gasteiger partial charge >= 0.3 is 0 Å². The van der Waals surface area contributed by atoms with Crippen molar-refractivity contribution >= 4 is 44.9 Å². The first-order valence-corrected chi connectivity index (χ1v) is 10.4. The van der Waals surface area contributed by atoms with E-state index in [2.05, 4.69) is 40.4 Å². The van der Waals surface area contributed by atoms with Crippen LogP contribution in [-0.4, -0.2) is 24.2 Å². The highest BCUT2D eigenvalue weighted by molar-refractivity contribution is 9.10. The van der Waals surface area contributed by atoms with Gasteiger partial charge in [0.1, 0.15) is 11.5 Å². The molecule has 2 aromatic rings. The zero-order valence-corrected chi connectivity index (χ0v) is 18.7. The van der Waals surface area contributed by atoms with Crippen LogP contribution in [0.4, 0.5) is 5.69 Å². The van der Waals surface area contributed by atoms with E-state index in [-0.39, 0.29) is 11.0 Å². The lowest BCUT2D eigenvalue weighted by molar-refractivity contribution is 0.0973. The number of hydrogen-bond acceptors (Lipinski definition) is 4. The molecular weight excluding hydrogens is 440 g/mol. The Labute approximate surface area is 179 Å². The standard InChI is InChI=1S/C21H25BrN2O3S/c1-4-26-17-8-6-16(7-9-17)23-21(28)24-20(25)18-13-15(22)5-10-19(18)27-12-11-14(2)3/h5-10,13-14H,4,11-12H2,1-3H3,(H2,23,24,25,28). The van der Waals surface area contributed by atoms with Gasteiger partial charge in [0, 0.05) is 10.2 Å². The maximum absolute atomic E-state index is 12.7. The number of halogens is 1. The summed E-state index contributed by atoms with van der Waals surface area (Å²) < 4.78 is 12.0. The van der Waals surface area contributed by atoms with Crippen molar-refractivity contribution < 1.29 is 14.3 Å². The summed E-state index contributed by atoms with van der Waals surface area (Å²) in [6.45, 7) is 7.34. The molecular formula is C21H25BrN2O3S. The van der Waals surface area contributed by atoms with Gasteiger partial charge < -0.3 is 14.8 Å². The Kier molecular flexibility index (Phi) is 8.73. The minimum Gasteiger partial charge on any atom is -0.494 e. The summed E-state index contributed by atoms with van der Waals surface area (Å²) in [7, 11) is 0. The van der Waals surface area contributed by atoms with Gasteiger partial charge in [0.25, 0.3) is 5.91 Å². The van der Waals surface area contributed by atoms with Crippen molar-refractivity contribution in [3.63, 3.8) is 0 Å². The molecule has 0 atom stereocenters. The van der Waals surface area contributed by atoms with E-state index < -0.39 is 0 Å². The Balaban J connectivity index is 2.00. The summed E-state index contributed by atoms with van der Waals surface area (Å²) in [5.74, 6) is 1.51. The summed E-state index contributed by atoms with van der Waals surface area (Å²) in [5, 5.41) is 5.91. The molecule has 0 aromatic heterocycles. The van der Waals surface area contributed by atoms with Gasteiger partial charge in [-0.25, -0.2) is 0 Å². The molecule has 0 heterocycles. The van der Waals surface area contributed by atoms with E-state index in [1.165, 1.54) is 0 Å². The molecule has 0 unspecified atom stereocenters. The molecule has 0 aliphatic heterocycles. The van der Waals surface area contributed by atoms with E-state index in [0.29, 0.717) is 30.4 Å². The van der Waals surface area contributed by atoms with Gasteiger partial charge in [0.2, 0.25) is 0 Å². The SMILES string of the molecule is CCOc1ccc(NC(=S)NC(=O)c2cc(Br)ccc2OCCC(C)C)cc1. The molecule has 2 rings (SSSR count). The largest absolute Gasteiger partial charge is 0.494 e. The Morgan fingerprint density at radius 1 is 1.14 bits per heavy atom. The highest BCUT2D eigenvalue weighted by Crippen LogP contribution is 2.24. The summed E-state index contributed by atoms with van der Waals surface area (Å²) in [6.07, 6.45) is 0.912. The Morgan fingerprint density at radius 3 is 2.50 bits per heavy atom. The molecule has 0 fully saturated rings. The quantitative estimate of drug-likeness (QED) is 0.512. The van der Waals surface area contributed by atoms with Crippen LogP contribution in [0.5, 0.6) is 11.5 Å². The first-order valence-electron chi connectivity index (χ1n) is 9.16. The van der Waals surface area contributed by atoms with Crippen LogP contribution in [0.3, 0.4) is 0 Å². The monoisotopic (exact) mass is 464 g/mol. The van der Waals surface area contributed by atoms with Crippen LogP contribution < -0.4 is 20.1 Å². The van der Waals surface area contributed by atoms with Crippen molar-refractivity contribution in [1.29, 1.82) is 0 Å². The maximum Gasteiger partial charge on any atom is 0.261 e. The number of benzene rings is 2. The fourth-order valence-electron chi connectivity index (χ4n) is 2.34. The molecule has 0 saturated heterocycles. The van der Waals surface area contributed by atoms with E-state index in [4.69, 9.17) is 21.7 Å². The predicted octanol–water partition coefficient (Wildman–Crippen LogP) is 5.40. The molecule has 7 heteroatoms. The van der Waals surface area contributed by atoms with Gasteiger partial charge in [0.15, 0.2) is 5.11 Å². The fraction of sp³-hybridized carbons (Fsp3) is 0.333. The summed E-state index contributed by atoms with van der Waals surface area (Å²) >= 11 is 8.67. The van der Waals surface area contributed by atoms with E-state index in [1.807, 2.05) is 37.3 Å². The summed E-state index contributed by atoms with van der Waals surface area (Å²) in [4.78, 5) is 12.7. The molecule has 1 amide bonds. The van der Waals surface area contributed by atoms with Crippen LogP contribution in [0.25, 0.3) is 0 Å². The van der Waals surface area contributed by atoms with Crippen molar-refractivity contribution in [3.8, 4) is 11.5 Å². The van der Waals surface area contributed by atoms with Gasteiger partial charge in [-0.15, -0.1) is 0 Å². The molecule has 2 N–H and O–H groups in total. The summed E-state index contributed by atoms with van der Waals surface area (Å²) in [6, 6.07) is 12.7. The number of nitrogens with one attached hydrogen (secondary N) is 2. The topological polar surface area (TPSA) is 59.6 Å². The highest BCUT2D eigenvalue weighted by atomic mass is 79.9.